The van der Waals surface area contributed by atoms with Crippen LogP contribution in [0.1, 0.15) is 20.8 Å². The summed E-state index contributed by atoms with van der Waals surface area (Å²) in [5, 5.41) is 0. The van der Waals surface area contributed by atoms with E-state index in [0.29, 0.717) is 14.1 Å². The Kier molecular flexibility index (Phi) is 5.03. The first-order valence-electron chi connectivity index (χ1n) is 4.55. The second kappa shape index (κ2) is 4.98. The van der Waals surface area contributed by atoms with Crippen molar-refractivity contribution in [1.82, 2.24) is 0 Å². The highest BCUT2D eigenvalue weighted by Crippen LogP contribution is 2.31. The number of esters is 1. The van der Waals surface area contributed by atoms with Crippen LogP contribution in [0.15, 0.2) is 0 Å². The summed E-state index contributed by atoms with van der Waals surface area (Å²) >= 11 is 0. The molecule has 0 spiro atoms. The summed E-state index contributed by atoms with van der Waals surface area (Å²) in [6, 6.07) is 0. The van der Waals surface area contributed by atoms with Gasteiger partial charge in [-0.3, -0.25) is 4.79 Å². The molecular formula is C7H20O2Si3. The fourth-order valence-corrected chi connectivity index (χ4v) is 15.6. The van der Waals surface area contributed by atoms with Crippen LogP contribution >= 0.6 is 0 Å². The zero-order valence-corrected chi connectivity index (χ0v) is 13.6. The Bertz CT molecular complexity index is 159. The summed E-state index contributed by atoms with van der Waals surface area (Å²) in [4.78, 5) is 11.4. The molecule has 1 unspecified atom stereocenters. The standard InChI is InChI=1S/C7H20O2Si3/c1-5(11-12-10)7(2,3)6(8)9-4/h5H,11-12H2,1-4,10H3. The minimum atomic E-state index is -0.224. The van der Waals surface area contributed by atoms with Gasteiger partial charge in [0.1, 0.15) is 0 Å². The highest BCUT2D eigenvalue weighted by molar-refractivity contribution is 7.24. The number of carbonyl (C=O) groups is 1. The third-order valence-corrected chi connectivity index (χ3v) is 14.7. The Hall–Kier alpha value is 0.121. The fourth-order valence-electron chi connectivity index (χ4n) is 1.26. The molecule has 0 saturated carbocycles. The molecule has 0 bridgehead atoms. The van der Waals surface area contributed by atoms with Gasteiger partial charge in [0.05, 0.1) is 12.5 Å². The zero-order chi connectivity index (χ0) is 9.78. The lowest BCUT2D eigenvalue weighted by molar-refractivity contribution is -0.150. The lowest BCUT2D eigenvalue weighted by Gasteiger charge is -2.28. The van der Waals surface area contributed by atoms with Crippen molar-refractivity contribution in [3.63, 3.8) is 0 Å². The van der Waals surface area contributed by atoms with E-state index in [1.54, 1.807) is 0 Å². The number of carbonyl (C=O) groups excluding carboxylic acids is 1. The van der Waals surface area contributed by atoms with Gasteiger partial charge >= 0.3 is 5.97 Å². The zero-order valence-electron chi connectivity index (χ0n) is 8.81. The van der Waals surface area contributed by atoms with Crippen LogP contribution in [0, 0.1) is 5.41 Å². The Labute approximate surface area is 82.1 Å². The maximum absolute atomic E-state index is 11.4. The van der Waals surface area contributed by atoms with Gasteiger partial charge in [0.25, 0.3) is 0 Å². The highest BCUT2D eigenvalue weighted by atomic mass is 29.5. The van der Waals surface area contributed by atoms with Gasteiger partial charge in [-0.1, -0.05) is 6.92 Å². The van der Waals surface area contributed by atoms with Crippen molar-refractivity contribution in [2.24, 2.45) is 5.41 Å². The molecule has 12 heavy (non-hydrogen) atoms. The van der Waals surface area contributed by atoms with Gasteiger partial charge in [0.15, 0.2) is 0 Å². The van der Waals surface area contributed by atoms with Gasteiger partial charge in [-0.2, -0.15) is 0 Å². The van der Waals surface area contributed by atoms with Crippen LogP contribution in [0.4, 0.5) is 0 Å². The van der Waals surface area contributed by atoms with Crippen LogP contribution in [0.2, 0.25) is 5.54 Å². The Morgan fingerprint density at radius 2 is 2.08 bits per heavy atom. The number of hydrogen-bond acceptors (Lipinski definition) is 2. The molecule has 0 amide bonds. The van der Waals surface area contributed by atoms with E-state index in [9.17, 15) is 4.79 Å². The van der Waals surface area contributed by atoms with E-state index in [4.69, 9.17) is 4.74 Å². The molecule has 72 valence electrons. The van der Waals surface area contributed by atoms with E-state index in [1.165, 1.54) is 16.9 Å². The van der Waals surface area contributed by atoms with Crippen molar-refractivity contribution < 1.29 is 9.53 Å². The predicted octanol–water partition coefficient (Wildman–Crippen LogP) is -1.47. The number of hydrogen-bond donors (Lipinski definition) is 0. The predicted molar refractivity (Wildman–Crippen MR) is 62.2 cm³/mol. The lowest BCUT2D eigenvalue weighted by atomic mass is 9.90. The Balaban J connectivity index is 4.26. The van der Waals surface area contributed by atoms with Gasteiger partial charge < -0.3 is 4.74 Å². The molecule has 0 aliphatic heterocycles. The first-order chi connectivity index (χ1) is 5.46. The maximum Gasteiger partial charge on any atom is 0.311 e. The molecule has 0 heterocycles. The molecule has 5 heteroatoms. The van der Waals surface area contributed by atoms with Crippen molar-refractivity contribution in [1.29, 1.82) is 0 Å². The van der Waals surface area contributed by atoms with Gasteiger partial charge in [-0.15, -0.1) is 0 Å². The summed E-state index contributed by atoms with van der Waals surface area (Å²) in [5.74, 6) is -0.0355. The maximum atomic E-state index is 11.4. The molecule has 0 aromatic rings. The minimum absolute atomic E-state index is 0.0355. The molecule has 0 saturated heterocycles. The monoisotopic (exact) mass is 220 g/mol. The average molecular weight is 220 g/mol. The number of rotatable bonds is 4. The SMILES string of the molecule is COC(=O)C(C)(C)C(C)[SiH2][SiH2][SiH3]. The number of methoxy groups -OCH3 is 1. The smallest absolute Gasteiger partial charge is 0.311 e. The first kappa shape index (κ1) is 12.1. The number of ether oxygens (including phenoxy) is 1. The van der Waals surface area contributed by atoms with Crippen molar-refractivity contribution in [3.8, 4) is 0 Å². The van der Waals surface area contributed by atoms with Crippen molar-refractivity contribution >= 4 is 33.3 Å². The molecule has 0 N–H and O–H groups in total. The molecule has 0 aliphatic rings. The normalized spacial score (nSPS) is 16.3. The molecule has 0 radical (unpaired) electrons. The third kappa shape index (κ3) is 2.87. The molecular weight excluding hydrogens is 200 g/mol. The fraction of sp³-hybridized carbons (Fsp3) is 0.857. The van der Waals surface area contributed by atoms with Crippen molar-refractivity contribution in [2.45, 2.75) is 26.3 Å². The third-order valence-electron chi connectivity index (χ3n) is 2.67. The van der Waals surface area contributed by atoms with E-state index in [-0.39, 0.29) is 20.4 Å². The second-order valence-electron chi connectivity index (χ2n) is 3.90. The van der Waals surface area contributed by atoms with Crippen LogP contribution < -0.4 is 0 Å². The van der Waals surface area contributed by atoms with Crippen LogP contribution in [0.25, 0.3) is 0 Å². The second-order valence-corrected chi connectivity index (χ2v) is 20.4. The Morgan fingerprint density at radius 1 is 1.58 bits per heavy atom. The first-order valence-corrected chi connectivity index (χ1v) is 15.0. The van der Waals surface area contributed by atoms with E-state index in [2.05, 4.69) is 6.92 Å². The summed E-state index contributed by atoms with van der Waals surface area (Å²) < 4.78 is 4.79. The van der Waals surface area contributed by atoms with E-state index in [1.807, 2.05) is 13.8 Å². The molecule has 0 aromatic carbocycles. The molecule has 2 nitrogen and oxygen atoms in total. The van der Waals surface area contributed by atoms with Gasteiger partial charge in [0, 0.05) is 9.04 Å². The molecule has 1 atom stereocenters. The van der Waals surface area contributed by atoms with Gasteiger partial charge in [-0.25, -0.2) is 0 Å². The molecule has 0 fully saturated rings. The summed E-state index contributed by atoms with van der Waals surface area (Å²) in [6.45, 7) is 6.25. The van der Waals surface area contributed by atoms with Crippen LogP contribution in [0.3, 0.4) is 0 Å². The topological polar surface area (TPSA) is 26.3 Å². The van der Waals surface area contributed by atoms with Crippen LogP contribution in [0.5, 0.6) is 0 Å². The summed E-state index contributed by atoms with van der Waals surface area (Å²) in [5.41, 5.74) is 0.396. The van der Waals surface area contributed by atoms with Gasteiger partial charge in [-0.05, 0) is 37.7 Å². The van der Waals surface area contributed by atoms with E-state index in [0.717, 1.165) is 0 Å². The summed E-state index contributed by atoms with van der Waals surface area (Å²) in [6.07, 6.45) is 0. The van der Waals surface area contributed by atoms with E-state index >= 15 is 0 Å². The summed E-state index contributed by atoms with van der Waals surface area (Å²) in [7, 11) is 3.31. The van der Waals surface area contributed by atoms with Crippen LogP contribution in [-0.2, 0) is 9.53 Å². The minimum Gasteiger partial charge on any atom is -0.469 e. The molecule has 0 aromatic heterocycles. The van der Waals surface area contributed by atoms with Gasteiger partial charge in [0.2, 0.25) is 0 Å². The van der Waals surface area contributed by atoms with Crippen molar-refractivity contribution in [3.05, 3.63) is 0 Å². The Morgan fingerprint density at radius 3 is 2.42 bits per heavy atom. The van der Waals surface area contributed by atoms with Crippen LogP contribution in [-0.4, -0.2) is 40.4 Å². The van der Waals surface area contributed by atoms with Crippen molar-refractivity contribution in [2.75, 3.05) is 7.11 Å². The van der Waals surface area contributed by atoms with E-state index < -0.39 is 0 Å². The average Bonchev–Trinajstić information content (AvgIpc) is 2.03. The molecule has 0 aliphatic carbocycles. The largest absolute Gasteiger partial charge is 0.469 e. The quantitative estimate of drug-likeness (QED) is 0.427. The molecule has 0 rings (SSSR count). The highest BCUT2D eigenvalue weighted by Gasteiger charge is 2.34. The lowest BCUT2D eigenvalue weighted by Crippen LogP contribution is -2.33.